The zero-order chi connectivity index (χ0) is 17.1. The van der Waals surface area contributed by atoms with E-state index in [-0.39, 0.29) is 5.91 Å². The van der Waals surface area contributed by atoms with Gasteiger partial charge in [0.05, 0.1) is 12.3 Å². The predicted octanol–water partition coefficient (Wildman–Crippen LogP) is 2.23. The molecule has 1 saturated heterocycles. The summed E-state index contributed by atoms with van der Waals surface area (Å²) in [6, 6.07) is 10.6. The number of para-hydroxylation sites is 1. The summed E-state index contributed by atoms with van der Waals surface area (Å²) in [5.41, 5.74) is 1.05. The SMILES string of the molecule is O=C(CSc1nnc(CN2CCCC2)n1-c1ccccc1)NC1CC1. The first kappa shape index (κ1) is 16.6. The Balaban J connectivity index is 1.52. The molecule has 2 aliphatic rings. The largest absolute Gasteiger partial charge is 0.353 e. The van der Waals surface area contributed by atoms with E-state index in [9.17, 15) is 4.79 Å². The van der Waals surface area contributed by atoms with Gasteiger partial charge < -0.3 is 5.32 Å². The molecule has 1 aliphatic heterocycles. The van der Waals surface area contributed by atoms with E-state index in [0.29, 0.717) is 11.8 Å². The average molecular weight is 357 g/mol. The second-order valence-electron chi connectivity index (χ2n) is 6.68. The molecule has 2 fully saturated rings. The maximum atomic E-state index is 12.0. The van der Waals surface area contributed by atoms with Crippen molar-refractivity contribution in [3.05, 3.63) is 36.2 Å². The van der Waals surface area contributed by atoms with Crippen LogP contribution >= 0.6 is 11.8 Å². The second-order valence-corrected chi connectivity index (χ2v) is 7.63. The molecule has 0 atom stereocenters. The third kappa shape index (κ3) is 4.22. The molecule has 1 aliphatic carbocycles. The molecule has 132 valence electrons. The Morgan fingerprint density at radius 2 is 1.92 bits per heavy atom. The number of likely N-dealkylation sites (tertiary alicyclic amines) is 1. The van der Waals surface area contributed by atoms with Crippen LogP contribution in [0.1, 0.15) is 31.5 Å². The summed E-state index contributed by atoms with van der Waals surface area (Å²) in [7, 11) is 0. The molecule has 7 heteroatoms. The Hall–Kier alpha value is -1.86. The summed E-state index contributed by atoms with van der Waals surface area (Å²) in [5, 5.41) is 12.6. The maximum Gasteiger partial charge on any atom is 0.230 e. The van der Waals surface area contributed by atoms with Crippen LogP contribution in [0.5, 0.6) is 0 Å². The van der Waals surface area contributed by atoms with Gasteiger partial charge in [-0.1, -0.05) is 30.0 Å². The van der Waals surface area contributed by atoms with Crippen LogP contribution in [0, 0.1) is 0 Å². The van der Waals surface area contributed by atoms with E-state index in [1.165, 1.54) is 24.6 Å². The zero-order valence-electron chi connectivity index (χ0n) is 14.2. The van der Waals surface area contributed by atoms with Gasteiger partial charge in [-0.2, -0.15) is 0 Å². The third-order valence-electron chi connectivity index (χ3n) is 4.55. The highest BCUT2D eigenvalue weighted by Gasteiger charge is 2.24. The van der Waals surface area contributed by atoms with Crippen molar-refractivity contribution in [3.63, 3.8) is 0 Å². The summed E-state index contributed by atoms with van der Waals surface area (Å²) in [6.45, 7) is 3.04. The van der Waals surface area contributed by atoms with Crippen LogP contribution < -0.4 is 5.32 Å². The molecule has 4 rings (SSSR count). The molecule has 1 saturated carbocycles. The highest BCUT2D eigenvalue weighted by molar-refractivity contribution is 7.99. The minimum absolute atomic E-state index is 0.0798. The van der Waals surface area contributed by atoms with Crippen molar-refractivity contribution in [1.82, 2.24) is 25.0 Å². The number of hydrogen-bond donors (Lipinski definition) is 1. The smallest absolute Gasteiger partial charge is 0.230 e. The van der Waals surface area contributed by atoms with Gasteiger partial charge in [-0.3, -0.25) is 14.3 Å². The molecule has 2 aromatic rings. The van der Waals surface area contributed by atoms with E-state index >= 15 is 0 Å². The third-order valence-corrected chi connectivity index (χ3v) is 5.48. The molecule has 0 unspecified atom stereocenters. The first-order valence-corrected chi connectivity index (χ1v) is 9.92. The molecule has 1 N–H and O–H groups in total. The van der Waals surface area contributed by atoms with Crippen molar-refractivity contribution in [3.8, 4) is 5.69 Å². The van der Waals surface area contributed by atoms with Crippen LogP contribution in [0.3, 0.4) is 0 Å². The number of thioether (sulfide) groups is 1. The number of amides is 1. The number of aromatic nitrogens is 3. The van der Waals surface area contributed by atoms with E-state index in [0.717, 1.165) is 49.1 Å². The minimum Gasteiger partial charge on any atom is -0.353 e. The molecule has 1 aromatic heterocycles. The monoisotopic (exact) mass is 357 g/mol. The topological polar surface area (TPSA) is 63.1 Å². The highest BCUT2D eigenvalue weighted by atomic mass is 32.2. The Morgan fingerprint density at radius 1 is 1.16 bits per heavy atom. The van der Waals surface area contributed by atoms with Gasteiger partial charge in [-0.25, -0.2) is 0 Å². The Morgan fingerprint density at radius 3 is 2.64 bits per heavy atom. The molecule has 0 radical (unpaired) electrons. The summed E-state index contributed by atoms with van der Waals surface area (Å²) >= 11 is 1.46. The lowest BCUT2D eigenvalue weighted by Gasteiger charge is -2.15. The molecular weight excluding hydrogens is 334 g/mol. The molecular formula is C18H23N5OS. The maximum absolute atomic E-state index is 12.0. The highest BCUT2D eigenvalue weighted by Crippen LogP contribution is 2.24. The fraction of sp³-hybridized carbons (Fsp3) is 0.500. The summed E-state index contributed by atoms with van der Waals surface area (Å²) in [4.78, 5) is 14.4. The van der Waals surface area contributed by atoms with Gasteiger partial charge in [0.1, 0.15) is 0 Å². The first-order chi connectivity index (χ1) is 12.3. The number of benzene rings is 1. The van der Waals surface area contributed by atoms with Crippen LogP contribution in [0.4, 0.5) is 0 Å². The summed E-state index contributed by atoms with van der Waals surface area (Å²) < 4.78 is 2.09. The van der Waals surface area contributed by atoms with E-state index < -0.39 is 0 Å². The molecule has 0 spiro atoms. The minimum atomic E-state index is 0.0798. The van der Waals surface area contributed by atoms with Gasteiger partial charge >= 0.3 is 0 Å². The average Bonchev–Trinajstić information content (AvgIpc) is 3.13. The molecule has 1 aromatic carbocycles. The van der Waals surface area contributed by atoms with Crippen LogP contribution in [-0.4, -0.2) is 50.5 Å². The second kappa shape index (κ2) is 7.58. The normalized spacial score (nSPS) is 17.8. The first-order valence-electron chi connectivity index (χ1n) is 8.94. The zero-order valence-corrected chi connectivity index (χ0v) is 15.0. The van der Waals surface area contributed by atoms with E-state index in [1.807, 2.05) is 18.2 Å². The van der Waals surface area contributed by atoms with Gasteiger partial charge in [0, 0.05) is 11.7 Å². The molecule has 25 heavy (non-hydrogen) atoms. The van der Waals surface area contributed by atoms with Crippen molar-refractivity contribution in [2.24, 2.45) is 0 Å². The Labute approximate surface area is 152 Å². The number of rotatable bonds is 7. The van der Waals surface area contributed by atoms with E-state index in [4.69, 9.17) is 0 Å². The Kier molecular flexibility index (Phi) is 5.03. The molecule has 6 nitrogen and oxygen atoms in total. The lowest BCUT2D eigenvalue weighted by Crippen LogP contribution is -2.27. The van der Waals surface area contributed by atoms with Gasteiger partial charge in [0.2, 0.25) is 5.91 Å². The van der Waals surface area contributed by atoms with Crippen molar-refractivity contribution >= 4 is 17.7 Å². The van der Waals surface area contributed by atoms with Crippen molar-refractivity contribution in [1.29, 1.82) is 0 Å². The number of hydrogen-bond acceptors (Lipinski definition) is 5. The van der Waals surface area contributed by atoms with Crippen LogP contribution in [0.15, 0.2) is 35.5 Å². The quantitative estimate of drug-likeness (QED) is 0.770. The van der Waals surface area contributed by atoms with Crippen molar-refractivity contribution in [2.75, 3.05) is 18.8 Å². The fourth-order valence-corrected chi connectivity index (χ4v) is 3.88. The standard InChI is InChI=1S/C18H23N5OS/c24-17(19-14-8-9-14)13-25-18-21-20-16(12-22-10-4-5-11-22)23(18)15-6-2-1-3-7-15/h1-3,6-7,14H,4-5,8-13H2,(H,19,24). The van der Waals surface area contributed by atoms with Crippen molar-refractivity contribution < 1.29 is 4.79 Å². The van der Waals surface area contributed by atoms with Crippen LogP contribution in [-0.2, 0) is 11.3 Å². The number of carbonyl (C=O) groups excluding carboxylic acids is 1. The van der Waals surface area contributed by atoms with Gasteiger partial charge in [-0.05, 0) is 50.9 Å². The summed E-state index contributed by atoms with van der Waals surface area (Å²) in [6.07, 6.45) is 4.72. The van der Waals surface area contributed by atoms with Crippen LogP contribution in [0.25, 0.3) is 5.69 Å². The van der Waals surface area contributed by atoms with Crippen LogP contribution in [0.2, 0.25) is 0 Å². The van der Waals surface area contributed by atoms with Gasteiger partial charge in [0.25, 0.3) is 0 Å². The summed E-state index contributed by atoms with van der Waals surface area (Å²) in [5.74, 6) is 1.40. The molecule has 0 bridgehead atoms. The lowest BCUT2D eigenvalue weighted by atomic mass is 10.3. The fourth-order valence-electron chi connectivity index (χ4n) is 3.10. The van der Waals surface area contributed by atoms with E-state index in [1.54, 1.807) is 0 Å². The lowest BCUT2D eigenvalue weighted by molar-refractivity contribution is -0.118. The van der Waals surface area contributed by atoms with Crippen molar-refractivity contribution in [2.45, 2.75) is 43.4 Å². The molecule has 2 heterocycles. The number of nitrogens with one attached hydrogen (secondary N) is 1. The molecule has 1 amide bonds. The van der Waals surface area contributed by atoms with E-state index in [2.05, 4.69) is 37.1 Å². The number of carbonyl (C=O) groups is 1. The number of nitrogens with zero attached hydrogens (tertiary/aromatic N) is 4. The van der Waals surface area contributed by atoms with Gasteiger partial charge in [0.15, 0.2) is 11.0 Å². The predicted molar refractivity (Wildman–Crippen MR) is 97.8 cm³/mol. The Bertz CT molecular complexity index is 722. The van der Waals surface area contributed by atoms with Gasteiger partial charge in [-0.15, -0.1) is 10.2 Å².